The van der Waals surface area contributed by atoms with Gasteiger partial charge < -0.3 is 23.9 Å². The maximum Gasteiger partial charge on any atom is 0.0596 e. The first kappa shape index (κ1) is 13.9. The Morgan fingerprint density at radius 3 is 2.53 bits per heavy atom. The number of benzene rings is 1. The Morgan fingerprint density at radius 2 is 2.00 bits per heavy atom. The van der Waals surface area contributed by atoms with Crippen molar-refractivity contribution in [1.29, 1.82) is 0 Å². The lowest BCUT2D eigenvalue weighted by molar-refractivity contribution is -0.341. The van der Waals surface area contributed by atoms with Crippen molar-refractivity contribution >= 4 is 18.7 Å². The number of H-pyrrole nitrogens is 1. The van der Waals surface area contributed by atoms with Crippen LogP contribution in [0, 0.1) is 0 Å². The molecular weight excluding hydrogens is 241 g/mol. The SMILES string of the molecule is CCCOP(=O)([O-])[O-].c1ccc2[nH]ccc2c1. The second-order valence-electron chi connectivity index (χ2n) is 3.35. The van der Waals surface area contributed by atoms with Gasteiger partial charge in [-0.25, -0.2) is 0 Å². The zero-order valence-corrected chi connectivity index (χ0v) is 10.4. The van der Waals surface area contributed by atoms with E-state index in [9.17, 15) is 14.4 Å². The van der Waals surface area contributed by atoms with E-state index in [0.29, 0.717) is 6.42 Å². The first-order chi connectivity index (χ1) is 8.03. The van der Waals surface area contributed by atoms with Crippen LogP contribution in [-0.2, 0) is 9.09 Å². The summed E-state index contributed by atoms with van der Waals surface area (Å²) >= 11 is 0. The molecule has 0 aliphatic carbocycles. The molecule has 0 saturated carbocycles. The molecule has 0 aliphatic rings. The van der Waals surface area contributed by atoms with Crippen molar-refractivity contribution in [2.24, 2.45) is 0 Å². The fraction of sp³-hybridized carbons (Fsp3) is 0.273. The van der Waals surface area contributed by atoms with E-state index in [0.717, 1.165) is 0 Å². The Labute approximate surface area is 99.7 Å². The summed E-state index contributed by atoms with van der Waals surface area (Å²) in [4.78, 5) is 22.4. The monoisotopic (exact) mass is 255 g/mol. The topological polar surface area (TPSA) is 88.2 Å². The molecular formula is C11H14NO4P-2. The summed E-state index contributed by atoms with van der Waals surface area (Å²) in [5, 5.41) is 1.28. The molecule has 1 heterocycles. The molecule has 6 heteroatoms. The largest absolute Gasteiger partial charge is 0.790 e. The molecule has 1 aromatic heterocycles. The van der Waals surface area contributed by atoms with Crippen LogP contribution >= 0.6 is 7.82 Å². The third-order valence-corrected chi connectivity index (χ3v) is 2.41. The van der Waals surface area contributed by atoms with Crippen LogP contribution in [0.4, 0.5) is 0 Å². The van der Waals surface area contributed by atoms with Crippen molar-refractivity contribution in [3.05, 3.63) is 36.5 Å². The fourth-order valence-corrected chi connectivity index (χ4v) is 1.60. The highest BCUT2D eigenvalue weighted by Gasteiger charge is 1.87. The highest BCUT2D eigenvalue weighted by atomic mass is 31.2. The van der Waals surface area contributed by atoms with Crippen LogP contribution in [0.1, 0.15) is 13.3 Å². The molecule has 0 radical (unpaired) electrons. The molecule has 0 aliphatic heterocycles. The molecule has 94 valence electrons. The van der Waals surface area contributed by atoms with Gasteiger partial charge in [-0.3, -0.25) is 0 Å². The van der Waals surface area contributed by atoms with E-state index in [2.05, 4.69) is 27.7 Å². The lowest BCUT2D eigenvalue weighted by atomic mass is 10.3. The molecule has 0 fully saturated rings. The first-order valence-electron chi connectivity index (χ1n) is 5.21. The summed E-state index contributed by atoms with van der Waals surface area (Å²) in [5.74, 6) is 0. The van der Waals surface area contributed by atoms with Crippen LogP contribution in [0.3, 0.4) is 0 Å². The Morgan fingerprint density at radius 1 is 1.29 bits per heavy atom. The molecule has 1 N–H and O–H groups in total. The van der Waals surface area contributed by atoms with Crippen LogP contribution in [0.15, 0.2) is 36.5 Å². The van der Waals surface area contributed by atoms with Crippen LogP contribution in [0.5, 0.6) is 0 Å². The number of fused-ring (bicyclic) bond motifs is 1. The van der Waals surface area contributed by atoms with Gasteiger partial charge in [0.05, 0.1) is 14.4 Å². The van der Waals surface area contributed by atoms with Crippen molar-refractivity contribution < 1.29 is 18.9 Å². The zero-order chi connectivity index (χ0) is 12.7. The summed E-state index contributed by atoms with van der Waals surface area (Å²) in [6.07, 6.45) is 2.49. The van der Waals surface area contributed by atoms with E-state index < -0.39 is 7.82 Å². The summed E-state index contributed by atoms with van der Waals surface area (Å²) < 4.78 is 13.5. The van der Waals surface area contributed by atoms with E-state index in [4.69, 9.17) is 0 Å². The predicted octanol–water partition coefficient (Wildman–Crippen LogP) is 1.41. The van der Waals surface area contributed by atoms with Crippen LogP contribution in [-0.4, -0.2) is 11.6 Å². The van der Waals surface area contributed by atoms with Crippen molar-refractivity contribution in [2.75, 3.05) is 6.61 Å². The maximum atomic E-state index is 9.64. The molecule has 5 nitrogen and oxygen atoms in total. The zero-order valence-electron chi connectivity index (χ0n) is 9.46. The Hall–Kier alpha value is -1.13. The van der Waals surface area contributed by atoms with Gasteiger partial charge in [-0.15, -0.1) is 0 Å². The van der Waals surface area contributed by atoms with Gasteiger partial charge in [-0.05, 0) is 23.9 Å². The summed E-state index contributed by atoms with van der Waals surface area (Å²) in [7, 11) is -4.68. The first-order valence-corrected chi connectivity index (χ1v) is 6.67. The minimum Gasteiger partial charge on any atom is -0.790 e. The lowest BCUT2D eigenvalue weighted by Crippen LogP contribution is -2.16. The molecule has 0 unspecified atom stereocenters. The van der Waals surface area contributed by atoms with E-state index in [-0.39, 0.29) is 6.61 Å². The number of nitrogens with one attached hydrogen (secondary N) is 1. The number of hydrogen-bond donors (Lipinski definition) is 1. The molecule has 2 aromatic rings. The third kappa shape index (κ3) is 5.65. The molecule has 0 amide bonds. The molecule has 2 rings (SSSR count). The average molecular weight is 255 g/mol. The van der Waals surface area contributed by atoms with Crippen LogP contribution < -0.4 is 9.79 Å². The third-order valence-electron chi connectivity index (χ3n) is 1.92. The summed E-state index contributed by atoms with van der Waals surface area (Å²) in [5.41, 5.74) is 1.21. The number of phosphoric ester groups is 1. The number of phosphoric acid groups is 1. The molecule has 0 saturated heterocycles. The fourth-order valence-electron chi connectivity index (χ4n) is 1.20. The van der Waals surface area contributed by atoms with Gasteiger partial charge >= 0.3 is 0 Å². The van der Waals surface area contributed by atoms with Crippen molar-refractivity contribution in [3.63, 3.8) is 0 Å². The van der Waals surface area contributed by atoms with Crippen LogP contribution in [0.2, 0.25) is 0 Å². The number of aromatic nitrogens is 1. The van der Waals surface area contributed by atoms with E-state index in [1.165, 1.54) is 10.9 Å². The molecule has 0 atom stereocenters. The standard InChI is InChI=1S/C8H7N.C3H9O4P/c1-2-4-8-7(3-1)5-6-9-8;1-2-3-7-8(4,5)6/h1-6,9H;2-3H2,1H3,(H2,4,5,6)/p-2. The highest BCUT2D eigenvalue weighted by molar-refractivity contribution is 7.43. The minimum atomic E-state index is -4.68. The Balaban J connectivity index is 0.000000172. The molecule has 17 heavy (non-hydrogen) atoms. The van der Waals surface area contributed by atoms with Gasteiger partial charge in [0.25, 0.3) is 0 Å². The predicted molar refractivity (Wildman–Crippen MR) is 62.1 cm³/mol. The summed E-state index contributed by atoms with van der Waals surface area (Å²) in [6.45, 7) is 1.71. The summed E-state index contributed by atoms with van der Waals surface area (Å²) in [6, 6.07) is 10.3. The lowest BCUT2D eigenvalue weighted by Gasteiger charge is -2.28. The Kier molecular flexibility index (Phi) is 5.38. The number of para-hydroxylation sites is 1. The van der Waals surface area contributed by atoms with Crippen molar-refractivity contribution in [3.8, 4) is 0 Å². The van der Waals surface area contributed by atoms with Crippen molar-refractivity contribution in [2.45, 2.75) is 13.3 Å². The Bertz CT molecular complexity index is 461. The van der Waals surface area contributed by atoms with Gasteiger partial charge in [0.2, 0.25) is 0 Å². The van der Waals surface area contributed by atoms with Gasteiger partial charge in [0, 0.05) is 11.7 Å². The van der Waals surface area contributed by atoms with E-state index in [1.54, 1.807) is 6.92 Å². The van der Waals surface area contributed by atoms with E-state index in [1.807, 2.05) is 18.3 Å². The number of rotatable bonds is 3. The average Bonchev–Trinajstić information content (AvgIpc) is 2.74. The van der Waals surface area contributed by atoms with Crippen molar-refractivity contribution in [1.82, 2.24) is 4.98 Å². The number of aromatic amines is 1. The van der Waals surface area contributed by atoms with Gasteiger partial charge in [0.15, 0.2) is 0 Å². The quantitative estimate of drug-likeness (QED) is 0.840. The molecule has 0 spiro atoms. The van der Waals surface area contributed by atoms with Crippen LogP contribution in [0.25, 0.3) is 10.9 Å². The molecule has 1 aromatic carbocycles. The normalized spacial score (nSPS) is 11.0. The van der Waals surface area contributed by atoms with Gasteiger partial charge in [-0.2, -0.15) is 0 Å². The second kappa shape index (κ2) is 6.57. The molecule has 0 bridgehead atoms. The van der Waals surface area contributed by atoms with Gasteiger partial charge in [0.1, 0.15) is 0 Å². The maximum absolute atomic E-state index is 9.64. The highest BCUT2D eigenvalue weighted by Crippen LogP contribution is 2.23. The van der Waals surface area contributed by atoms with E-state index >= 15 is 0 Å². The smallest absolute Gasteiger partial charge is 0.0596 e. The minimum absolute atomic E-state index is 0.00965. The van der Waals surface area contributed by atoms with Gasteiger partial charge in [-0.1, -0.05) is 25.1 Å². The number of hydrogen-bond acceptors (Lipinski definition) is 4. The second-order valence-corrected chi connectivity index (χ2v) is 4.50.